The minimum Gasteiger partial charge on any atom is -0.373 e. The average Bonchev–Trinajstić information content (AvgIpc) is 0.918. The summed E-state index contributed by atoms with van der Waals surface area (Å²) in [6.45, 7) is 0. The zero-order valence-corrected chi connectivity index (χ0v) is 5.93. The maximum Gasteiger partial charge on any atom is 1.00 e. The maximum absolute atomic E-state index is 6.75. The molecule has 0 bridgehead atoms. The summed E-state index contributed by atoms with van der Waals surface area (Å²) in [7, 11) is 0. The molecule has 1 atom stereocenters. The molecule has 0 rings (SSSR count). The van der Waals surface area contributed by atoms with Gasteiger partial charge in [0.05, 0.1) is 0 Å². The Labute approximate surface area is 48.7 Å². The Morgan fingerprint density at radius 1 is 1.20 bits per heavy atom. The van der Waals surface area contributed by atoms with Gasteiger partial charge in [0.1, 0.15) is 0 Å². The van der Waals surface area contributed by atoms with Crippen LogP contribution in [0.5, 0.6) is 0 Å². The van der Waals surface area contributed by atoms with E-state index >= 15 is 0 Å². The molecular formula is H3AuN3P. The third-order valence-electron chi connectivity index (χ3n) is 0. The fourth-order valence-electron chi connectivity index (χ4n) is 0. The Bertz CT molecular complexity index is 27.9. The molecule has 0 heterocycles. The molecule has 1 unspecified atom stereocenters. The molecule has 0 spiro atoms. The van der Waals surface area contributed by atoms with Crippen LogP contribution >= 0.6 is 9.90 Å². The largest absolute Gasteiger partial charge is 1.00 e. The van der Waals surface area contributed by atoms with E-state index in [2.05, 4.69) is 0 Å². The molecule has 0 N–H and O–H groups in total. The van der Waals surface area contributed by atoms with E-state index in [1.165, 1.54) is 4.91 Å². The van der Waals surface area contributed by atoms with Crippen LogP contribution in [0.1, 0.15) is 0 Å². The Balaban J connectivity index is -0.0000000200. The Morgan fingerprint density at radius 3 is 1.20 bits per heavy atom. The van der Waals surface area contributed by atoms with Gasteiger partial charge in [0, 0.05) is 0 Å². The molecule has 5 heteroatoms. The van der Waals surface area contributed by atoms with Crippen LogP contribution in [0.25, 0.3) is 16.0 Å². The fourth-order valence-corrected chi connectivity index (χ4v) is 0. The van der Waals surface area contributed by atoms with Gasteiger partial charge in [0.2, 0.25) is 0 Å². The first kappa shape index (κ1) is 17.9. The molecular weight excluding hydrogens is 270 g/mol. The summed E-state index contributed by atoms with van der Waals surface area (Å²) in [6, 6.07) is 0. The van der Waals surface area contributed by atoms with Crippen molar-refractivity contribution >= 4 is 9.90 Å². The summed E-state index contributed by atoms with van der Waals surface area (Å²) in [5.41, 5.74) is 13.5. The summed E-state index contributed by atoms with van der Waals surface area (Å²) < 4.78 is 0. The predicted octanol–water partition coefficient (Wildman–Crippen LogP) is 0.922. The number of hydrogen-bond donors (Lipinski definition) is 0. The SMILES string of the molecule is P.[Au+].[N-]=[N+]=[N-]. The first-order valence-electron chi connectivity index (χ1n) is 0.400. The van der Waals surface area contributed by atoms with Gasteiger partial charge < -0.3 is 11.1 Å². The van der Waals surface area contributed by atoms with Crippen molar-refractivity contribution in [3.63, 3.8) is 0 Å². The van der Waals surface area contributed by atoms with E-state index in [0.717, 1.165) is 0 Å². The van der Waals surface area contributed by atoms with E-state index in [4.69, 9.17) is 11.1 Å². The number of nitrogens with zero attached hydrogens (tertiary/aromatic N) is 3. The van der Waals surface area contributed by atoms with Gasteiger partial charge in [-0.3, -0.25) is 4.91 Å². The first-order valence-corrected chi connectivity index (χ1v) is 0.400. The van der Waals surface area contributed by atoms with Crippen molar-refractivity contribution in [2.45, 2.75) is 0 Å². The monoisotopic (exact) mass is 273 g/mol. The van der Waals surface area contributed by atoms with Crippen molar-refractivity contribution in [2.75, 3.05) is 0 Å². The smallest absolute Gasteiger partial charge is 0.373 e. The second-order valence-electron chi connectivity index (χ2n) is 0.0894. The summed E-state index contributed by atoms with van der Waals surface area (Å²) in [6.07, 6.45) is 0. The van der Waals surface area contributed by atoms with Crippen molar-refractivity contribution in [1.29, 1.82) is 0 Å². The van der Waals surface area contributed by atoms with Crippen LogP contribution in [0.3, 0.4) is 0 Å². The van der Waals surface area contributed by atoms with E-state index < -0.39 is 0 Å². The van der Waals surface area contributed by atoms with Crippen LogP contribution in [-0.2, 0) is 22.4 Å². The number of hydrogen-bond acceptors (Lipinski definition) is 0. The van der Waals surface area contributed by atoms with Gasteiger partial charge in [-0.2, -0.15) is 9.90 Å². The van der Waals surface area contributed by atoms with E-state index in [0.29, 0.717) is 0 Å². The van der Waals surface area contributed by atoms with E-state index in [1.807, 2.05) is 0 Å². The van der Waals surface area contributed by atoms with Gasteiger partial charge in [-0.05, 0) is 0 Å². The van der Waals surface area contributed by atoms with Gasteiger partial charge in [-0.15, -0.1) is 0 Å². The van der Waals surface area contributed by atoms with Gasteiger partial charge in [-0.1, -0.05) is 0 Å². The molecule has 3 nitrogen and oxygen atoms in total. The molecule has 0 aromatic heterocycles. The zero-order chi connectivity index (χ0) is 2.71. The molecule has 0 fully saturated rings. The second-order valence-corrected chi connectivity index (χ2v) is 0.0894. The van der Waals surface area contributed by atoms with E-state index in [9.17, 15) is 0 Å². The van der Waals surface area contributed by atoms with Crippen LogP contribution in [0.4, 0.5) is 0 Å². The molecule has 5 heavy (non-hydrogen) atoms. The van der Waals surface area contributed by atoms with Crippen LogP contribution in [0, 0.1) is 0 Å². The molecule has 0 aromatic rings. The fraction of sp³-hybridized carbons (Fsp3) is 0. The molecule has 0 amide bonds. The topological polar surface area (TPSA) is 58.7 Å². The van der Waals surface area contributed by atoms with Gasteiger partial charge in [-0.25, -0.2) is 0 Å². The minimum atomic E-state index is 0. The molecule has 0 radical (unpaired) electrons. The van der Waals surface area contributed by atoms with Crippen molar-refractivity contribution in [3.05, 3.63) is 16.0 Å². The second kappa shape index (κ2) is 24.8. The first-order chi connectivity index (χ1) is 1.41. The molecule has 0 aromatic carbocycles. The molecule has 0 aliphatic carbocycles. The standard InChI is InChI=1S/Au.N3.H3P/c;1-3-2;/h;;1H3/q+1;-1;. The Hall–Kier alpha value is 0.480. The third kappa shape index (κ3) is 119. The Morgan fingerprint density at radius 2 is 1.20 bits per heavy atom. The molecule has 0 aliphatic heterocycles. The van der Waals surface area contributed by atoms with Crippen molar-refractivity contribution in [3.8, 4) is 0 Å². The van der Waals surface area contributed by atoms with Crippen LogP contribution in [-0.4, -0.2) is 0 Å². The molecule has 0 aliphatic rings. The van der Waals surface area contributed by atoms with Crippen molar-refractivity contribution in [2.24, 2.45) is 0 Å². The van der Waals surface area contributed by atoms with Gasteiger partial charge in [0.15, 0.2) is 0 Å². The van der Waals surface area contributed by atoms with Crippen LogP contribution in [0.2, 0.25) is 0 Å². The summed E-state index contributed by atoms with van der Waals surface area (Å²) in [5, 5.41) is 0. The summed E-state index contributed by atoms with van der Waals surface area (Å²) >= 11 is 0. The third-order valence-corrected chi connectivity index (χ3v) is 0. The Kier molecular flexibility index (Phi) is 88.6. The molecule has 34 valence electrons. The maximum atomic E-state index is 6.75. The average molecular weight is 273 g/mol. The van der Waals surface area contributed by atoms with E-state index in [1.54, 1.807) is 0 Å². The molecule has 0 saturated carbocycles. The number of rotatable bonds is 0. The minimum absolute atomic E-state index is 0. The van der Waals surface area contributed by atoms with E-state index in [-0.39, 0.29) is 32.3 Å². The van der Waals surface area contributed by atoms with Crippen molar-refractivity contribution in [1.82, 2.24) is 0 Å². The van der Waals surface area contributed by atoms with Crippen LogP contribution in [0.15, 0.2) is 0 Å². The molecule has 0 saturated heterocycles. The van der Waals surface area contributed by atoms with Gasteiger partial charge in [0.25, 0.3) is 0 Å². The predicted molar refractivity (Wildman–Crippen MR) is 21.2 cm³/mol. The zero-order valence-electron chi connectivity index (χ0n) is 2.35. The van der Waals surface area contributed by atoms with Crippen molar-refractivity contribution < 1.29 is 22.4 Å². The normalized spacial score (nSPS) is 1.60. The summed E-state index contributed by atoms with van der Waals surface area (Å²) in [5.74, 6) is 0. The quantitative estimate of drug-likeness (QED) is 0.207. The van der Waals surface area contributed by atoms with Gasteiger partial charge >= 0.3 is 22.4 Å². The van der Waals surface area contributed by atoms with Crippen LogP contribution < -0.4 is 0 Å². The summed E-state index contributed by atoms with van der Waals surface area (Å²) in [4.78, 5) is 1.50.